The molecule has 8 heteroatoms. The second-order valence-electron chi connectivity index (χ2n) is 16.7. The largest absolute Gasteiger partial charge is 0.477 e. The van der Waals surface area contributed by atoms with Crippen molar-refractivity contribution in [2.24, 2.45) is 0 Å². The van der Waals surface area contributed by atoms with Gasteiger partial charge in [-0.25, -0.2) is 4.79 Å². The number of unbranched alkanes of at least 4 members (excludes halogenated alkanes) is 18. The lowest BCUT2D eigenvalue weighted by Gasteiger charge is -2.31. The van der Waals surface area contributed by atoms with Gasteiger partial charge in [-0.3, -0.25) is 9.59 Å². The van der Waals surface area contributed by atoms with Crippen LogP contribution in [0.5, 0.6) is 0 Å². The molecule has 0 aliphatic heterocycles. The van der Waals surface area contributed by atoms with E-state index in [9.17, 15) is 19.5 Å². The van der Waals surface area contributed by atoms with Crippen molar-refractivity contribution < 1.29 is 38.2 Å². The van der Waals surface area contributed by atoms with Crippen LogP contribution in [0.2, 0.25) is 0 Å². The summed E-state index contributed by atoms with van der Waals surface area (Å²) in [5.74, 6) is -1.51. The molecule has 0 radical (unpaired) electrons. The van der Waals surface area contributed by atoms with Crippen molar-refractivity contribution >= 4 is 17.9 Å². The topological polar surface area (TPSA) is 99.1 Å². The van der Waals surface area contributed by atoms with Crippen LogP contribution >= 0.6 is 0 Å². The number of hydrogen-bond acceptors (Lipinski definition) is 6. The molecule has 0 heterocycles. The number of allylic oxidation sites excluding steroid dienone is 10. The van der Waals surface area contributed by atoms with Crippen molar-refractivity contribution in [2.45, 2.75) is 199 Å². The molecule has 2 unspecified atom stereocenters. The lowest BCUT2D eigenvalue weighted by atomic mass is 10.1. The van der Waals surface area contributed by atoms with Gasteiger partial charge in [0.1, 0.15) is 6.61 Å². The second-order valence-corrected chi connectivity index (χ2v) is 16.7. The number of carbonyl (C=O) groups is 3. The van der Waals surface area contributed by atoms with E-state index >= 15 is 0 Å². The normalized spacial score (nSPS) is 13.5. The highest BCUT2D eigenvalue weighted by atomic mass is 16.6. The molecule has 0 spiro atoms. The van der Waals surface area contributed by atoms with Crippen molar-refractivity contribution in [1.29, 1.82) is 0 Å². The Kier molecular flexibility index (Phi) is 38.7. The summed E-state index contributed by atoms with van der Waals surface area (Å²) in [6.07, 6.45) is 49.7. The van der Waals surface area contributed by atoms with Crippen LogP contribution in [0.4, 0.5) is 0 Å². The van der Waals surface area contributed by atoms with Gasteiger partial charge in [-0.1, -0.05) is 158 Å². The van der Waals surface area contributed by atoms with Gasteiger partial charge in [0.05, 0.1) is 34.4 Å². The molecule has 0 bridgehead atoms. The molecule has 0 aromatic heterocycles. The van der Waals surface area contributed by atoms with E-state index in [-0.39, 0.29) is 36.2 Å². The Morgan fingerprint density at radius 3 is 1.53 bits per heavy atom. The molecule has 0 saturated carbocycles. The van der Waals surface area contributed by atoms with E-state index in [4.69, 9.17) is 14.2 Å². The Morgan fingerprint density at radius 1 is 0.552 bits per heavy atom. The molecular weight excluding hydrogens is 727 g/mol. The number of carboxylic acids is 1. The van der Waals surface area contributed by atoms with Gasteiger partial charge in [0.25, 0.3) is 0 Å². The minimum atomic E-state index is -0.881. The van der Waals surface area contributed by atoms with Crippen LogP contribution in [0.3, 0.4) is 0 Å². The number of carbonyl (C=O) groups excluding carboxylic acids is 2. The third kappa shape index (κ3) is 38.5. The highest BCUT2D eigenvalue weighted by Gasteiger charge is 2.31. The Labute approximate surface area is 356 Å². The number of hydrogen-bond donors (Lipinski definition) is 1. The molecule has 0 saturated heterocycles. The van der Waals surface area contributed by atoms with Crippen LogP contribution in [0.1, 0.15) is 187 Å². The third-order valence-corrected chi connectivity index (χ3v) is 10.2. The summed E-state index contributed by atoms with van der Waals surface area (Å²) >= 11 is 0. The van der Waals surface area contributed by atoms with E-state index in [0.29, 0.717) is 19.3 Å². The van der Waals surface area contributed by atoms with Gasteiger partial charge in [0, 0.05) is 19.3 Å². The summed E-state index contributed by atoms with van der Waals surface area (Å²) in [5.41, 5.74) is 0. The minimum Gasteiger partial charge on any atom is -0.477 e. The Morgan fingerprint density at radius 2 is 1.02 bits per heavy atom. The van der Waals surface area contributed by atoms with Crippen molar-refractivity contribution in [2.75, 3.05) is 41.0 Å². The zero-order valence-corrected chi connectivity index (χ0v) is 38.0. The fourth-order valence-electron chi connectivity index (χ4n) is 6.57. The van der Waals surface area contributed by atoms with Crippen molar-refractivity contribution in [1.82, 2.24) is 0 Å². The highest BCUT2D eigenvalue weighted by molar-refractivity contribution is 5.72. The maximum atomic E-state index is 12.7. The van der Waals surface area contributed by atoms with Gasteiger partial charge in [-0.05, 0) is 70.6 Å². The number of esters is 2. The fraction of sp³-hybridized carbons (Fsp3) is 0.740. The van der Waals surface area contributed by atoms with Crippen LogP contribution < -0.4 is 0 Å². The Bertz CT molecular complexity index is 1130. The molecule has 0 amide bonds. The van der Waals surface area contributed by atoms with Crippen LogP contribution in [-0.2, 0) is 28.6 Å². The molecule has 0 fully saturated rings. The molecule has 8 nitrogen and oxygen atoms in total. The number of likely N-dealkylation sites (N-methyl/N-ethyl adjacent to an activating group) is 1. The first-order valence-corrected chi connectivity index (χ1v) is 23.3. The molecule has 0 aromatic rings. The predicted octanol–water partition coefficient (Wildman–Crippen LogP) is 13.0. The lowest BCUT2D eigenvalue weighted by Crippen LogP contribution is -2.50. The smallest absolute Gasteiger partial charge is 0.362 e. The summed E-state index contributed by atoms with van der Waals surface area (Å²) in [4.78, 5) is 37.0. The van der Waals surface area contributed by atoms with Crippen LogP contribution in [-0.4, -0.2) is 80.6 Å². The standard InChI is InChI=1S/C50H87NO7/c1-6-8-10-12-14-16-18-20-22-24-25-27-28-30-32-34-36-38-40-48(52)57-45-46(44-56-43-42-47(50(54)55)51(3,4)5)58-49(53)41-39-37-35-33-31-29-26-23-21-19-17-15-13-11-9-7-2/h9,11,15,17,21-25,27,46-47H,6-8,10,12-14,16,18-20,26,28-45H2,1-5H3/p+1/b11-9+,17-15+,23-21+,24-22+,27-25+. The van der Waals surface area contributed by atoms with Crippen LogP contribution in [0.15, 0.2) is 60.8 Å². The number of aliphatic carboxylic acids is 1. The first kappa shape index (κ1) is 55.0. The first-order valence-electron chi connectivity index (χ1n) is 23.3. The van der Waals surface area contributed by atoms with Crippen molar-refractivity contribution in [3.05, 3.63) is 60.8 Å². The van der Waals surface area contributed by atoms with Gasteiger partial charge in [0.2, 0.25) is 0 Å². The highest BCUT2D eigenvalue weighted by Crippen LogP contribution is 2.14. The number of nitrogens with zero attached hydrogens (tertiary/aromatic N) is 1. The molecule has 0 aromatic carbocycles. The second kappa shape index (κ2) is 40.8. The lowest BCUT2D eigenvalue weighted by molar-refractivity contribution is -0.887. The monoisotopic (exact) mass is 815 g/mol. The fourth-order valence-corrected chi connectivity index (χ4v) is 6.57. The van der Waals surface area contributed by atoms with Gasteiger partial charge < -0.3 is 23.8 Å². The number of rotatable bonds is 41. The van der Waals surface area contributed by atoms with Crippen molar-refractivity contribution in [3.63, 3.8) is 0 Å². The summed E-state index contributed by atoms with van der Waals surface area (Å²) in [6.45, 7) is 4.59. The van der Waals surface area contributed by atoms with Crippen LogP contribution in [0, 0.1) is 0 Å². The summed E-state index contributed by atoms with van der Waals surface area (Å²) in [6, 6.07) is -0.622. The van der Waals surface area contributed by atoms with Crippen LogP contribution in [0.25, 0.3) is 0 Å². The van der Waals surface area contributed by atoms with Crippen molar-refractivity contribution in [3.8, 4) is 0 Å². The molecule has 2 atom stereocenters. The Hall–Kier alpha value is -2.97. The average Bonchev–Trinajstić information content (AvgIpc) is 3.18. The molecule has 0 aliphatic rings. The first-order chi connectivity index (χ1) is 28.1. The van der Waals surface area contributed by atoms with E-state index in [1.165, 1.54) is 64.2 Å². The molecule has 1 N–H and O–H groups in total. The van der Waals surface area contributed by atoms with E-state index < -0.39 is 18.1 Å². The van der Waals surface area contributed by atoms with Gasteiger partial charge in [-0.2, -0.15) is 0 Å². The molecule has 0 aliphatic carbocycles. The summed E-state index contributed by atoms with van der Waals surface area (Å²) in [5, 5.41) is 9.63. The van der Waals surface area contributed by atoms with E-state index in [1.54, 1.807) is 0 Å². The van der Waals surface area contributed by atoms with Gasteiger partial charge in [0.15, 0.2) is 12.1 Å². The molecule has 0 rings (SSSR count). The summed E-state index contributed by atoms with van der Waals surface area (Å²) < 4.78 is 17.3. The van der Waals surface area contributed by atoms with Gasteiger partial charge in [-0.15, -0.1) is 0 Å². The maximum Gasteiger partial charge on any atom is 0.362 e. The number of quaternary nitrogens is 1. The molecular formula is C50H88NO7+. The van der Waals surface area contributed by atoms with Gasteiger partial charge >= 0.3 is 17.9 Å². The number of carboxylic acid groups (broad SMARTS) is 1. The average molecular weight is 815 g/mol. The molecule has 334 valence electrons. The van der Waals surface area contributed by atoms with E-state index in [1.807, 2.05) is 21.1 Å². The summed E-state index contributed by atoms with van der Waals surface area (Å²) in [7, 11) is 5.51. The third-order valence-electron chi connectivity index (χ3n) is 10.2. The SMILES string of the molecule is CC/C=C/C/C=C/C/C=C/CCCCCCCCC(=O)OC(COCCC(C(=O)O)[N+](C)(C)C)COC(=O)CCCCCCC/C=C/C=C/CCCCCCCCC. The zero-order valence-electron chi connectivity index (χ0n) is 38.0. The quantitative estimate of drug-likeness (QED) is 0.0216. The Balaban J connectivity index is 4.36. The predicted molar refractivity (Wildman–Crippen MR) is 243 cm³/mol. The van der Waals surface area contributed by atoms with E-state index in [2.05, 4.69) is 74.6 Å². The maximum absolute atomic E-state index is 12.7. The van der Waals surface area contributed by atoms with E-state index in [0.717, 1.165) is 89.9 Å². The number of ether oxygens (including phenoxy) is 3. The zero-order chi connectivity index (χ0) is 42.8. The molecule has 58 heavy (non-hydrogen) atoms. The minimum absolute atomic E-state index is 0.0486.